The molecule has 1 amide bonds. The minimum Gasteiger partial charge on any atom is -0.476 e. The summed E-state index contributed by atoms with van der Waals surface area (Å²) >= 11 is 0. The number of hydrogen-bond donors (Lipinski definition) is 1. The van der Waals surface area contributed by atoms with E-state index in [0.29, 0.717) is 42.1 Å². The van der Waals surface area contributed by atoms with Crippen molar-refractivity contribution in [1.29, 1.82) is 0 Å². The van der Waals surface area contributed by atoms with Crippen molar-refractivity contribution < 1.29 is 23.0 Å². The second-order valence-corrected chi connectivity index (χ2v) is 10.9. The van der Waals surface area contributed by atoms with Crippen molar-refractivity contribution in [1.82, 2.24) is 14.9 Å². The molecule has 0 bridgehead atoms. The molecule has 168 valence electrons. The molecule has 3 rings (SSSR count). The van der Waals surface area contributed by atoms with E-state index in [2.05, 4.69) is 9.97 Å². The van der Waals surface area contributed by atoms with Gasteiger partial charge in [0.1, 0.15) is 11.9 Å². The van der Waals surface area contributed by atoms with Gasteiger partial charge >= 0.3 is 6.09 Å². The molecule has 1 aromatic heterocycles. The topological polar surface area (TPSA) is 102 Å². The van der Waals surface area contributed by atoms with Gasteiger partial charge in [0.25, 0.3) is 0 Å². The van der Waals surface area contributed by atoms with E-state index in [1.54, 1.807) is 41.6 Å². The lowest BCUT2D eigenvalue weighted by atomic mass is 9.98. The Bertz CT molecular complexity index is 927. The molecule has 8 nitrogen and oxygen atoms in total. The summed E-state index contributed by atoms with van der Waals surface area (Å²) in [5.41, 5.74) is 0.978. The van der Waals surface area contributed by atoms with Gasteiger partial charge in [-0.25, -0.2) is 14.8 Å². The monoisotopic (exact) mass is 448 g/mol. The van der Waals surface area contributed by atoms with Crippen LogP contribution in [0, 0.1) is 5.92 Å². The Balaban J connectivity index is 1.48. The Labute approximate surface area is 184 Å². The third kappa shape index (κ3) is 6.73. The van der Waals surface area contributed by atoms with E-state index >= 15 is 0 Å². The summed E-state index contributed by atoms with van der Waals surface area (Å²) in [7, 11) is -2.98. The summed E-state index contributed by atoms with van der Waals surface area (Å²) < 4.78 is 32.5. The van der Waals surface area contributed by atoms with Gasteiger partial charge in [-0.15, -0.1) is 0 Å². The van der Waals surface area contributed by atoms with Crippen LogP contribution in [0.1, 0.15) is 33.6 Å². The lowest BCUT2D eigenvalue weighted by Gasteiger charge is -2.33. The lowest BCUT2D eigenvalue weighted by molar-refractivity contribution is 0.0164. The third-order valence-corrected chi connectivity index (χ3v) is 6.10. The molecule has 1 aromatic carbocycles. The minimum atomic E-state index is -2.98. The van der Waals surface area contributed by atoms with Crippen molar-refractivity contribution in [3.05, 3.63) is 36.7 Å². The molecule has 0 radical (unpaired) electrons. The van der Waals surface area contributed by atoms with Gasteiger partial charge in [-0.1, -0.05) is 4.21 Å². The molecule has 9 heteroatoms. The molecule has 31 heavy (non-hydrogen) atoms. The minimum absolute atomic E-state index is 0.262. The van der Waals surface area contributed by atoms with E-state index in [4.69, 9.17) is 9.47 Å². The fraction of sp³-hybridized carbons (Fsp3) is 0.500. The quantitative estimate of drug-likeness (QED) is 0.686. The van der Waals surface area contributed by atoms with Gasteiger partial charge in [-0.2, -0.15) is 4.55 Å². The molecule has 0 spiro atoms. The van der Waals surface area contributed by atoms with Gasteiger partial charge < -0.3 is 14.4 Å². The molecule has 0 aliphatic carbocycles. The van der Waals surface area contributed by atoms with Gasteiger partial charge in [0.2, 0.25) is 16.1 Å². The van der Waals surface area contributed by atoms with E-state index in [9.17, 15) is 13.6 Å². The number of rotatable bonds is 5. The van der Waals surface area contributed by atoms with Gasteiger partial charge in [0.05, 0.1) is 24.7 Å². The summed E-state index contributed by atoms with van der Waals surface area (Å²) in [6.07, 6.45) is 5.92. The first-order valence-corrected chi connectivity index (χ1v) is 12.2. The van der Waals surface area contributed by atoms with Crippen LogP contribution in [0.15, 0.2) is 41.6 Å². The highest BCUT2D eigenvalue weighted by Crippen LogP contribution is 2.23. The van der Waals surface area contributed by atoms with E-state index in [1.165, 1.54) is 6.26 Å². The molecular formula is C22H30N3O5S+. The molecule has 2 heterocycles. The van der Waals surface area contributed by atoms with Crippen molar-refractivity contribution in [2.75, 3.05) is 26.0 Å². The molecule has 1 saturated heterocycles. The number of ether oxygens (including phenoxy) is 2. The molecule has 1 unspecified atom stereocenters. The maximum absolute atomic E-state index is 12.1. The van der Waals surface area contributed by atoms with Gasteiger partial charge in [0.15, 0.2) is 4.90 Å². The van der Waals surface area contributed by atoms with Gasteiger partial charge in [0, 0.05) is 18.7 Å². The Morgan fingerprint density at radius 1 is 1.16 bits per heavy atom. The predicted octanol–water partition coefficient (Wildman–Crippen LogP) is 4.13. The van der Waals surface area contributed by atoms with Crippen molar-refractivity contribution in [3.63, 3.8) is 0 Å². The zero-order valence-electron chi connectivity index (χ0n) is 18.4. The first-order valence-electron chi connectivity index (χ1n) is 10.3. The SMILES string of the molecule is CC(C)(C)OC(=O)N1CCC(COc2cnc(-c3ccc([S+](C)(=O)O)cc3)cn2)CC1. The zero-order chi connectivity index (χ0) is 22.6. The maximum atomic E-state index is 12.1. The van der Waals surface area contributed by atoms with Crippen LogP contribution < -0.4 is 4.74 Å². The van der Waals surface area contributed by atoms with Crippen LogP contribution in [0.4, 0.5) is 4.79 Å². The summed E-state index contributed by atoms with van der Waals surface area (Å²) in [6.45, 7) is 7.43. The van der Waals surface area contributed by atoms with Crippen molar-refractivity contribution in [2.24, 2.45) is 5.92 Å². The predicted molar refractivity (Wildman–Crippen MR) is 118 cm³/mol. The van der Waals surface area contributed by atoms with E-state index in [1.807, 2.05) is 20.8 Å². The summed E-state index contributed by atoms with van der Waals surface area (Å²) in [4.78, 5) is 23.0. The highest BCUT2D eigenvalue weighted by molar-refractivity contribution is 7.97. The average molecular weight is 449 g/mol. The zero-order valence-corrected chi connectivity index (χ0v) is 19.2. The largest absolute Gasteiger partial charge is 0.476 e. The fourth-order valence-corrected chi connectivity index (χ4v) is 3.87. The maximum Gasteiger partial charge on any atom is 0.410 e. The highest BCUT2D eigenvalue weighted by atomic mass is 32.3. The fourth-order valence-electron chi connectivity index (χ4n) is 3.23. The van der Waals surface area contributed by atoms with E-state index < -0.39 is 15.8 Å². The van der Waals surface area contributed by atoms with E-state index in [-0.39, 0.29) is 6.09 Å². The number of nitrogens with zero attached hydrogens (tertiary/aromatic N) is 3. The summed E-state index contributed by atoms with van der Waals surface area (Å²) in [6, 6.07) is 6.73. The number of benzene rings is 1. The number of piperidine rings is 1. The number of carbonyl (C=O) groups is 1. The molecule has 1 aliphatic rings. The Morgan fingerprint density at radius 3 is 2.32 bits per heavy atom. The highest BCUT2D eigenvalue weighted by Gasteiger charge is 2.27. The van der Waals surface area contributed by atoms with E-state index in [0.717, 1.165) is 18.4 Å². The molecule has 0 saturated carbocycles. The number of carbonyl (C=O) groups excluding carboxylic acids is 1. The number of likely N-dealkylation sites (tertiary alicyclic amines) is 1. The van der Waals surface area contributed by atoms with Gasteiger partial charge in [-0.3, -0.25) is 0 Å². The van der Waals surface area contributed by atoms with Crippen molar-refractivity contribution >= 4 is 16.3 Å². The standard InChI is InChI=1S/C22H29N3O5S/c1-22(2,3)30-21(26)25-11-9-16(10-12-25)15-29-20-14-23-19(13-24-20)17-5-7-18(8-6-17)31(4,27)28/h5-8,13-14,16H,9-12,15H2,1-4H3/p+1. The normalized spacial score (nSPS) is 17.1. The second kappa shape index (κ2) is 9.32. The van der Waals surface area contributed by atoms with Crippen LogP contribution in [0.5, 0.6) is 5.88 Å². The molecule has 1 aliphatic heterocycles. The van der Waals surface area contributed by atoms with Crippen LogP contribution in [0.2, 0.25) is 0 Å². The smallest absolute Gasteiger partial charge is 0.410 e. The molecule has 1 N–H and O–H groups in total. The number of hydrogen-bond acceptors (Lipinski definition) is 6. The van der Waals surface area contributed by atoms with Crippen LogP contribution >= 0.6 is 0 Å². The van der Waals surface area contributed by atoms with Crippen LogP contribution in [0.25, 0.3) is 11.3 Å². The lowest BCUT2D eigenvalue weighted by Crippen LogP contribution is -2.42. The first kappa shape index (κ1) is 23.1. The van der Waals surface area contributed by atoms with Crippen LogP contribution in [-0.2, 0) is 19.2 Å². The number of amides is 1. The third-order valence-electron chi connectivity index (χ3n) is 4.95. The van der Waals surface area contributed by atoms with Gasteiger partial charge in [-0.05, 0) is 63.8 Å². The Hall–Kier alpha value is -2.52. The van der Waals surface area contributed by atoms with Crippen molar-refractivity contribution in [3.8, 4) is 17.1 Å². The van der Waals surface area contributed by atoms with Crippen molar-refractivity contribution in [2.45, 2.75) is 44.1 Å². The van der Waals surface area contributed by atoms with Crippen LogP contribution in [-0.4, -0.2) is 57.1 Å². The molecular weight excluding hydrogens is 418 g/mol. The second-order valence-electron chi connectivity index (χ2n) is 8.79. The average Bonchev–Trinajstić information content (AvgIpc) is 2.71. The molecule has 2 aromatic rings. The summed E-state index contributed by atoms with van der Waals surface area (Å²) in [5.74, 6) is 0.789. The Morgan fingerprint density at radius 2 is 1.81 bits per heavy atom. The molecule has 1 atom stereocenters. The Kier molecular flexibility index (Phi) is 6.96. The summed E-state index contributed by atoms with van der Waals surface area (Å²) in [5, 5.41) is 0. The molecule has 1 fully saturated rings. The number of aromatic nitrogens is 2. The van der Waals surface area contributed by atoms with Crippen LogP contribution in [0.3, 0.4) is 0 Å². The first-order chi connectivity index (χ1) is 14.5.